The maximum absolute atomic E-state index is 12.0. The van der Waals surface area contributed by atoms with Gasteiger partial charge in [-0.05, 0) is 31.6 Å². The zero-order valence-electron chi connectivity index (χ0n) is 10.8. The minimum absolute atomic E-state index is 0.193. The number of hydrogen-bond acceptors (Lipinski definition) is 3. The molecular formula is C14H24O3. The smallest absolute Gasteiger partial charge is 0.311 e. The summed E-state index contributed by atoms with van der Waals surface area (Å²) in [6.45, 7) is 0. The molecular weight excluding hydrogens is 216 g/mol. The number of aliphatic hydroxyl groups is 1. The lowest BCUT2D eigenvalue weighted by molar-refractivity contribution is -0.163. The van der Waals surface area contributed by atoms with E-state index in [1.165, 1.54) is 26.4 Å². The van der Waals surface area contributed by atoms with Gasteiger partial charge in [0.2, 0.25) is 0 Å². The lowest BCUT2D eigenvalue weighted by atomic mass is 9.70. The molecule has 0 heterocycles. The van der Waals surface area contributed by atoms with Gasteiger partial charge in [-0.25, -0.2) is 0 Å². The van der Waals surface area contributed by atoms with Gasteiger partial charge in [0.15, 0.2) is 0 Å². The van der Waals surface area contributed by atoms with E-state index in [1.807, 2.05) is 0 Å². The van der Waals surface area contributed by atoms with Crippen molar-refractivity contribution in [2.24, 2.45) is 11.8 Å². The summed E-state index contributed by atoms with van der Waals surface area (Å²) in [6.07, 6.45) is 9.31. The molecule has 98 valence electrons. The van der Waals surface area contributed by atoms with Gasteiger partial charge in [-0.15, -0.1) is 0 Å². The summed E-state index contributed by atoms with van der Waals surface area (Å²) < 4.78 is 4.94. The summed E-state index contributed by atoms with van der Waals surface area (Å²) in [5.41, 5.74) is -0.791. The van der Waals surface area contributed by atoms with E-state index in [2.05, 4.69) is 0 Å². The van der Waals surface area contributed by atoms with E-state index in [9.17, 15) is 9.90 Å². The van der Waals surface area contributed by atoms with Gasteiger partial charge in [0.25, 0.3) is 0 Å². The van der Waals surface area contributed by atoms with Crippen molar-refractivity contribution in [1.82, 2.24) is 0 Å². The lowest BCUT2D eigenvalue weighted by Crippen LogP contribution is -2.47. The molecule has 17 heavy (non-hydrogen) atoms. The van der Waals surface area contributed by atoms with Crippen molar-refractivity contribution in [1.29, 1.82) is 0 Å². The largest absolute Gasteiger partial charge is 0.469 e. The lowest BCUT2D eigenvalue weighted by Gasteiger charge is -2.40. The highest BCUT2D eigenvalue weighted by Gasteiger charge is 2.47. The van der Waals surface area contributed by atoms with Crippen LogP contribution >= 0.6 is 0 Å². The molecule has 0 amide bonds. The zero-order valence-corrected chi connectivity index (χ0v) is 10.8. The Bertz CT molecular complexity index is 263. The first-order valence-corrected chi connectivity index (χ1v) is 6.97. The van der Waals surface area contributed by atoms with Gasteiger partial charge in [0.1, 0.15) is 0 Å². The fourth-order valence-corrected chi connectivity index (χ4v) is 3.74. The molecule has 0 aliphatic heterocycles. The van der Waals surface area contributed by atoms with Crippen molar-refractivity contribution < 1.29 is 14.6 Å². The van der Waals surface area contributed by atoms with Gasteiger partial charge in [0, 0.05) is 0 Å². The Balaban J connectivity index is 2.15. The van der Waals surface area contributed by atoms with Gasteiger partial charge in [-0.2, -0.15) is 0 Å². The number of methoxy groups -OCH3 is 1. The SMILES string of the molecule is COC(=O)C(C1CCCC1)C1(O)CCCCC1. The summed E-state index contributed by atoms with van der Waals surface area (Å²) in [7, 11) is 1.44. The molecule has 2 aliphatic rings. The maximum Gasteiger partial charge on any atom is 0.311 e. The highest BCUT2D eigenvalue weighted by molar-refractivity contribution is 5.74. The minimum atomic E-state index is -0.791. The standard InChI is InChI=1S/C14H24O3/c1-17-13(15)12(11-7-3-4-8-11)14(16)9-5-2-6-10-14/h11-12,16H,2-10H2,1H3. The molecule has 1 unspecified atom stereocenters. The average molecular weight is 240 g/mol. The summed E-state index contributed by atoms with van der Waals surface area (Å²) in [5, 5.41) is 10.8. The predicted octanol–water partition coefficient (Wildman–Crippen LogP) is 2.66. The molecule has 3 nitrogen and oxygen atoms in total. The van der Waals surface area contributed by atoms with E-state index in [-0.39, 0.29) is 11.9 Å². The summed E-state index contributed by atoms with van der Waals surface area (Å²) in [6, 6.07) is 0. The monoisotopic (exact) mass is 240 g/mol. The molecule has 0 aromatic rings. The highest BCUT2D eigenvalue weighted by Crippen LogP contribution is 2.43. The van der Waals surface area contributed by atoms with E-state index in [4.69, 9.17) is 4.74 Å². The summed E-state index contributed by atoms with van der Waals surface area (Å²) in [5.74, 6) is -0.137. The van der Waals surface area contributed by atoms with Crippen LogP contribution in [0.5, 0.6) is 0 Å². The van der Waals surface area contributed by atoms with Gasteiger partial charge < -0.3 is 9.84 Å². The first-order chi connectivity index (χ1) is 8.17. The van der Waals surface area contributed by atoms with Crippen molar-refractivity contribution in [3.8, 4) is 0 Å². The van der Waals surface area contributed by atoms with Crippen molar-refractivity contribution in [2.45, 2.75) is 63.4 Å². The van der Waals surface area contributed by atoms with Gasteiger partial charge >= 0.3 is 5.97 Å². The van der Waals surface area contributed by atoms with E-state index >= 15 is 0 Å². The number of ether oxygens (including phenoxy) is 1. The summed E-state index contributed by atoms with van der Waals surface area (Å²) in [4.78, 5) is 12.0. The molecule has 0 aromatic carbocycles. The van der Waals surface area contributed by atoms with Crippen LogP contribution in [0.25, 0.3) is 0 Å². The molecule has 2 saturated carbocycles. The molecule has 0 spiro atoms. The quantitative estimate of drug-likeness (QED) is 0.771. The van der Waals surface area contributed by atoms with Gasteiger partial charge in [-0.1, -0.05) is 32.1 Å². The molecule has 3 heteroatoms. The Labute approximate surface area is 104 Å². The first-order valence-electron chi connectivity index (χ1n) is 6.97. The second kappa shape index (κ2) is 5.38. The maximum atomic E-state index is 12.0. The molecule has 0 aromatic heterocycles. The third-order valence-corrected chi connectivity index (χ3v) is 4.62. The number of carbonyl (C=O) groups excluding carboxylic acids is 1. The van der Waals surface area contributed by atoms with Crippen molar-refractivity contribution in [2.75, 3.05) is 7.11 Å². The van der Waals surface area contributed by atoms with Crippen LogP contribution in [0.3, 0.4) is 0 Å². The second-order valence-electron chi connectivity index (χ2n) is 5.71. The molecule has 1 atom stereocenters. The third kappa shape index (κ3) is 2.65. The Hall–Kier alpha value is -0.570. The Morgan fingerprint density at radius 3 is 2.29 bits per heavy atom. The third-order valence-electron chi connectivity index (χ3n) is 4.62. The molecule has 2 aliphatic carbocycles. The molecule has 1 N–H and O–H groups in total. The Morgan fingerprint density at radius 2 is 1.76 bits per heavy atom. The van der Waals surface area contributed by atoms with E-state index in [1.54, 1.807) is 0 Å². The molecule has 2 fully saturated rings. The number of esters is 1. The minimum Gasteiger partial charge on any atom is -0.469 e. The molecule has 0 bridgehead atoms. The fourth-order valence-electron chi connectivity index (χ4n) is 3.74. The molecule has 0 saturated heterocycles. The molecule has 0 radical (unpaired) electrons. The normalized spacial score (nSPS) is 26.7. The van der Waals surface area contributed by atoms with Crippen LogP contribution in [0.1, 0.15) is 57.8 Å². The zero-order chi connectivity index (χ0) is 12.3. The Kier molecular flexibility index (Phi) is 4.08. The van der Waals surface area contributed by atoms with Crippen molar-refractivity contribution >= 4 is 5.97 Å². The van der Waals surface area contributed by atoms with Crippen LogP contribution in [-0.2, 0) is 9.53 Å². The van der Waals surface area contributed by atoms with Crippen LogP contribution in [0.4, 0.5) is 0 Å². The van der Waals surface area contributed by atoms with Crippen molar-refractivity contribution in [3.63, 3.8) is 0 Å². The molecule has 2 rings (SSSR count). The van der Waals surface area contributed by atoms with Crippen molar-refractivity contribution in [3.05, 3.63) is 0 Å². The first kappa shape index (κ1) is 12.9. The van der Waals surface area contributed by atoms with Crippen LogP contribution in [0.15, 0.2) is 0 Å². The van der Waals surface area contributed by atoms with Crippen LogP contribution in [-0.4, -0.2) is 23.8 Å². The predicted molar refractivity (Wildman–Crippen MR) is 65.5 cm³/mol. The van der Waals surface area contributed by atoms with E-state index in [0.29, 0.717) is 5.92 Å². The van der Waals surface area contributed by atoms with Gasteiger partial charge in [-0.3, -0.25) is 4.79 Å². The average Bonchev–Trinajstić information content (AvgIpc) is 2.83. The van der Waals surface area contributed by atoms with E-state index < -0.39 is 5.60 Å². The number of hydrogen-bond donors (Lipinski definition) is 1. The highest BCUT2D eigenvalue weighted by atomic mass is 16.5. The van der Waals surface area contributed by atoms with Crippen LogP contribution < -0.4 is 0 Å². The second-order valence-corrected chi connectivity index (χ2v) is 5.71. The van der Waals surface area contributed by atoms with E-state index in [0.717, 1.165) is 38.5 Å². The topological polar surface area (TPSA) is 46.5 Å². The fraction of sp³-hybridized carbons (Fsp3) is 0.929. The van der Waals surface area contributed by atoms with Gasteiger partial charge in [0.05, 0.1) is 18.6 Å². The Morgan fingerprint density at radius 1 is 1.18 bits per heavy atom. The van der Waals surface area contributed by atoms with Crippen LogP contribution in [0.2, 0.25) is 0 Å². The van der Waals surface area contributed by atoms with Crippen LogP contribution in [0, 0.1) is 11.8 Å². The summed E-state index contributed by atoms with van der Waals surface area (Å²) >= 11 is 0. The number of carbonyl (C=O) groups is 1. The number of rotatable bonds is 3.